The lowest BCUT2D eigenvalue weighted by Crippen LogP contribution is -2.32. The lowest BCUT2D eigenvalue weighted by Gasteiger charge is -2.28. The van der Waals surface area contributed by atoms with Crippen molar-refractivity contribution in [2.75, 3.05) is 7.11 Å². The Morgan fingerprint density at radius 1 is 1.28 bits per heavy atom. The summed E-state index contributed by atoms with van der Waals surface area (Å²) in [4.78, 5) is 0. The number of rotatable bonds is 3. The zero-order valence-electron chi connectivity index (χ0n) is 12.2. The quantitative estimate of drug-likeness (QED) is 0.888. The lowest BCUT2D eigenvalue weighted by atomic mass is 9.81. The molecule has 0 radical (unpaired) electrons. The van der Waals surface area contributed by atoms with Crippen molar-refractivity contribution in [1.29, 1.82) is 0 Å². The Morgan fingerprint density at radius 2 is 1.89 bits per heavy atom. The number of hydrogen-bond acceptors (Lipinski definition) is 2. The number of methoxy groups -OCH3 is 1. The Bertz CT molecular complexity index is 439. The molecule has 0 aliphatic heterocycles. The molecule has 18 heavy (non-hydrogen) atoms. The van der Waals surface area contributed by atoms with Gasteiger partial charge in [0.2, 0.25) is 0 Å². The van der Waals surface area contributed by atoms with E-state index in [1.54, 1.807) is 7.11 Å². The van der Waals surface area contributed by atoms with Crippen molar-refractivity contribution in [2.45, 2.75) is 57.4 Å². The van der Waals surface area contributed by atoms with E-state index in [2.05, 4.69) is 45.9 Å². The van der Waals surface area contributed by atoms with Crippen LogP contribution in [-0.4, -0.2) is 13.2 Å². The Balaban J connectivity index is 2.56. The van der Waals surface area contributed by atoms with E-state index in [0.29, 0.717) is 0 Å². The third-order valence-electron chi connectivity index (χ3n) is 4.22. The molecule has 0 aromatic heterocycles. The van der Waals surface area contributed by atoms with E-state index in [9.17, 15) is 0 Å². The molecule has 100 valence electrons. The molecule has 1 aromatic rings. The molecule has 1 aromatic carbocycles. The molecule has 1 atom stereocenters. The molecule has 1 aliphatic rings. The third kappa shape index (κ3) is 2.03. The number of hydrogen-bond donors (Lipinski definition) is 1. The highest BCUT2D eigenvalue weighted by Crippen LogP contribution is 2.54. The molecule has 0 saturated heterocycles. The van der Waals surface area contributed by atoms with Crippen molar-refractivity contribution in [3.63, 3.8) is 0 Å². The SMILES string of the molecule is COc1c(C(C)(C)C)cccc1C1(C(C)N)CC1. The second kappa shape index (κ2) is 4.27. The van der Waals surface area contributed by atoms with E-state index in [-0.39, 0.29) is 16.9 Å². The summed E-state index contributed by atoms with van der Waals surface area (Å²) in [5.74, 6) is 1.04. The van der Waals surface area contributed by atoms with Crippen LogP contribution in [0.15, 0.2) is 18.2 Å². The molecule has 0 heterocycles. The fourth-order valence-electron chi connectivity index (χ4n) is 2.84. The minimum atomic E-state index is 0.0925. The molecule has 2 rings (SSSR count). The number of para-hydroxylation sites is 1. The maximum absolute atomic E-state index is 6.19. The van der Waals surface area contributed by atoms with Crippen molar-refractivity contribution in [1.82, 2.24) is 0 Å². The van der Waals surface area contributed by atoms with Crippen molar-refractivity contribution >= 4 is 0 Å². The summed E-state index contributed by atoms with van der Waals surface area (Å²) in [5.41, 5.74) is 9.00. The van der Waals surface area contributed by atoms with Gasteiger partial charge >= 0.3 is 0 Å². The van der Waals surface area contributed by atoms with Crippen LogP contribution in [0.1, 0.15) is 51.7 Å². The largest absolute Gasteiger partial charge is 0.496 e. The van der Waals surface area contributed by atoms with Crippen molar-refractivity contribution < 1.29 is 4.74 Å². The van der Waals surface area contributed by atoms with Crippen LogP contribution < -0.4 is 10.5 Å². The van der Waals surface area contributed by atoms with Gasteiger partial charge in [0.15, 0.2) is 0 Å². The van der Waals surface area contributed by atoms with E-state index >= 15 is 0 Å². The first-order valence-electron chi connectivity index (χ1n) is 6.76. The second-order valence-corrected chi connectivity index (χ2v) is 6.58. The molecule has 1 saturated carbocycles. The zero-order valence-corrected chi connectivity index (χ0v) is 12.2. The Labute approximate surface area is 111 Å². The number of ether oxygens (including phenoxy) is 1. The van der Waals surface area contributed by atoms with Gasteiger partial charge in [-0.05, 0) is 30.7 Å². The van der Waals surface area contributed by atoms with Crippen LogP contribution in [0.4, 0.5) is 0 Å². The van der Waals surface area contributed by atoms with Crippen LogP contribution in [-0.2, 0) is 10.8 Å². The highest BCUT2D eigenvalue weighted by Gasteiger charge is 2.49. The van der Waals surface area contributed by atoms with Crippen LogP contribution in [0.2, 0.25) is 0 Å². The first-order valence-corrected chi connectivity index (χ1v) is 6.76. The van der Waals surface area contributed by atoms with E-state index in [4.69, 9.17) is 10.5 Å². The Morgan fingerprint density at radius 3 is 2.28 bits per heavy atom. The van der Waals surface area contributed by atoms with Crippen molar-refractivity contribution in [3.05, 3.63) is 29.3 Å². The van der Waals surface area contributed by atoms with Gasteiger partial charge in [-0.3, -0.25) is 0 Å². The van der Waals surface area contributed by atoms with E-state index in [0.717, 1.165) is 5.75 Å². The fraction of sp³-hybridized carbons (Fsp3) is 0.625. The minimum Gasteiger partial charge on any atom is -0.496 e. The standard InChI is InChI=1S/C16H25NO/c1-11(17)16(9-10-16)13-8-6-7-12(14(13)18-5)15(2,3)4/h6-8,11H,9-10,17H2,1-5H3. The molecule has 1 fully saturated rings. The van der Waals surface area contributed by atoms with Gasteiger partial charge in [0.1, 0.15) is 5.75 Å². The first-order chi connectivity index (χ1) is 8.33. The zero-order chi connectivity index (χ0) is 13.6. The minimum absolute atomic E-state index is 0.0925. The second-order valence-electron chi connectivity index (χ2n) is 6.58. The summed E-state index contributed by atoms with van der Waals surface area (Å²) in [5, 5.41) is 0. The molecule has 2 heteroatoms. The van der Waals surface area contributed by atoms with Crippen LogP contribution >= 0.6 is 0 Å². The third-order valence-corrected chi connectivity index (χ3v) is 4.22. The fourth-order valence-corrected chi connectivity index (χ4v) is 2.84. The van der Waals surface area contributed by atoms with Gasteiger partial charge in [0, 0.05) is 17.0 Å². The predicted octanol–water partition coefficient (Wildman–Crippen LogP) is 3.37. The summed E-state index contributed by atoms with van der Waals surface area (Å²) in [7, 11) is 1.77. The van der Waals surface area contributed by atoms with E-state index in [1.807, 2.05) is 0 Å². The van der Waals surface area contributed by atoms with Crippen LogP contribution in [0, 0.1) is 0 Å². The van der Waals surface area contributed by atoms with Gasteiger partial charge in [-0.1, -0.05) is 39.0 Å². The maximum Gasteiger partial charge on any atom is 0.126 e. The van der Waals surface area contributed by atoms with E-state index < -0.39 is 0 Å². The molecule has 0 spiro atoms. The molecule has 1 aliphatic carbocycles. The molecule has 1 unspecified atom stereocenters. The molecular weight excluding hydrogens is 222 g/mol. The van der Waals surface area contributed by atoms with Gasteiger partial charge in [0.05, 0.1) is 7.11 Å². The number of nitrogens with two attached hydrogens (primary N) is 1. The Kier molecular flexibility index (Phi) is 3.18. The highest BCUT2D eigenvalue weighted by molar-refractivity contribution is 5.51. The maximum atomic E-state index is 6.19. The van der Waals surface area contributed by atoms with Crippen LogP contribution in [0.3, 0.4) is 0 Å². The average Bonchev–Trinajstić information content (AvgIpc) is 3.07. The van der Waals surface area contributed by atoms with Crippen LogP contribution in [0.25, 0.3) is 0 Å². The summed E-state index contributed by atoms with van der Waals surface area (Å²) < 4.78 is 5.72. The molecular formula is C16H25NO. The van der Waals surface area contributed by atoms with Gasteiger partial charge in [0.25, 0.3) is 0 Å². The van der Waals surface area contributed by atoms with Crippen molar-refractivity contribution in [2.24, 2.45) is 5.73 Å². The monoisotopic (exact) mass is 247 g/mol. The van der Waals surface area contributed by atoms with Gasteiger partial charge in [-0.2, -0.15) is 0 Å². The smallest absolute Gasteiger partial charge is 0.126 e. The Hall–Kier alpha value is -1.02. The number of benzene rings is 1. The summed E-state index contributed by atoms with van der Waals surface area (Å²) in [6, 6.07) is 6.67. The van der Waals surface area contributed by atoms with E-state index in [1.165, 1.54) is 24.0 Å². The molecule has 0 bridgehead atoms. The topological polar surface area (TPSA) is 35.2 Å². The molecule has 0 amide bonds. The van der Waals surface area contributed by atoms with Crippen LogP contribution in [0.5, 0.6) is 5.75 Å². The van der Waals surface area contributed by atoms with Crippen molar-refractivity contribution in [3.8, 4) is 5.75 Å². The summed E-state index contributed by atoms with van der Waals surface area (Å²) in [6.07, 6.45) is 2.35. The van der Waals surface area contributed by atoms with Gasteiger partial charge in [-0.15, -0.1) is 0 Å². The van der Waals surface area contributed by atoms with Gasteiger partial charge < -0.3 is 10.5 Å². The molecule has 2 nitrogen and oxygen atoms in total. The normalized spacial score (nSPS) is 19.4. The average molecular weight is 247 g/mol. The highest BCUT2D eigenvalue weighted by atomic mass is 16.5. The summed E-state index contributed by atoms with van der Waals surface area (Å²) in [6.45, 7) is 8.77. The molecule has 2 N–H and O–H groups in total. The van der Waals surface area contributed by atoms with Gasteiger partial charge in [-0.25, -0.2) is 0 Å². The predicted molar refractivity (Wildman–Crippen MR) is 76.3 cm³/mol. The lowest BCUT2D eigenvalue weighted by molar-refractivity contribution is 0.382. The summed E-state index contributed by atoms with van der Waals surface area (Å²) >= 11 is 0. The first kappa shape index (κ1) is 13.4.